The third-order valence-corrected chi connectivity index (χ3v) is 9.13. The second kappa shape index (κ2) is 12.7. The highest BCUT2D eigenvalue weighted by Crippen LogP contribution is 2.49. The molecule has 2 fully saturated rings. The van der Waals surface area contributed by atoms with E-state index in [0.29, 0.717) is 56.3 Å². The quantitative estimate of drug-likeness (QED) is 0.306. The SMILES string of the molecule is OCC1OC(CCN2CCN(CC(O)CN3c4ccccc4Sc4ccc(C(F)(F)F)cc43)CC2)C(O)C(O)C1O. The lowest BCUT2D eigenvalue weighted by Gasteiger charge is -2.41. The molecule has 5 rings (SSSR count). The summed E-state index contributed by atoms with van der Waals surface area (Å²) in [6.45, 7) is 3.37. The molecule has 0 amide bonds. The van der Waals surface area contributed by atoms with Crippen molar-refractivity contribution in [2.45, 2.75) is 59.0 Å². The van der Waals surface area contributed by atoms with Gasteiger partial charge in [0.1, 0.15) is 24.4 Å². The number of piperazine rings is 1. The van der Waals surface area contributed by atoms with Crippen LogP contribution in [0.15, 0.2) is 52.3 Å². The van der Waals surface area contributed by atoms with Crippen LogP contribution < -0.4 is 4.90 Å². The summed E-state index contributed by atoms with van der Waals surface area (Å²) in [7, 11) is 0. The third-order valence-electron chi connectivity index (χ3n) is 8.00. The molecule has 3 heterocycles. The number of alkyl halides is 3. The standard InChI is InChI=1S/C28H36F3N3O6S/c29-28(30,31)17-5-6-24-20(13-17)34(19-3-1-2-4-23(19)41-24)15-18(36)14-33-11-9-32(10-12-33)8-7-21-25(37)27(39)26(38)22(16-35)40-21/h1-6,13,18,21-22,25-27,35-39H,7-12,14-16H2. The number of benzene rings is 2. The van der Waals surface area contributed by atoms with Gasteiger partial charge in [-0.15, -0.1) is 0 Å². The minimum Gasteiger partial charge on any atom is -0.394 e. The normalized spacial score (nSPS) is 28.3. The first-order chi connectivity index (χ1) is 19.5. The van der Waals surface area contributed by atoms with Crippen LogP contribution in [0, 0.1) is 0 Å². The molecule has 0 aliphatic carbocycles. The van der Waals surface area contributed by atoms with E-state index >= 15 is 0 Å². The molecule has 5 N–H and O–H groups in total. The molecule has 41 heavy (non-hydrogen) atoms. The predicted octanol–water partition coefficient (Wildman–Crippen LogP) is 1.52. The van der Waals surface area contributed by atoms with Crippen LogP contribution in [0.3, 0.4) is 0 Å². The maximum absolute atomic E-state index is 13.5. The van der Waals surface area contributed by atoms with Gasteiger partial charge in [0.15, 0.2) is 0 Å². The van der Waals surface area contributed by atoms with Crippen LogP contribution >= 0.6 is 11.8 Å². The number of β-amino-alcohol motifs (C(OH)–C–C–N with tert-alkyl or cyclic N) is 1. The Morgan fingerprint density at radius 2 is 1.51 bits per heavy atom. The van der Waals surface area contributed by atoms with Gasteiger partial charge in [0.05, 0.1) is 42.3 Å². The van der Waals surface area contributed by atoms with Crippen molar-refractivity contribution in [1.82, 2.24) is 9.80 Å². The molecule has 3 aliphatic heterocycles. The Hall–Kier alpha value is -1.94. The van der Waals surface area contributed by atoms with E-state index in [0.717, 1.165) is 22.7 Å². The van der Waals surface area contributed by atoms with Crippen molar-refractivity contribution in [2.24, 2.45) is 0 Å². The molecular weight excluding hydrogens is 563 g/mol. The minimum absolute atomic E-state index is 0.142. The second-order valence-corrected chi connectivity index (χ2v) is 11.9. The van der Waals surface area contributed by atoms with Gasteiger partial charge in [-0.3, -0.25) is 4.90 Å². The fourth-order valence-electron chi connectivity index (χ4n) is 5.69. The van der Waals surface area contributed by atoms with Crippen molar-refractivity contribution >= 4 is 23.1 Å². The van der Waals surface area contributed by atoms with Crippen LogP contribution in [0.25, 0.3) is 0 Å². The molecule has 2 aromatic rings. The summed E-state index contributed by atoms with van der Waals surface area (Å²) in [4.78, 5) is 7.69. The van der Waals surface area contributed by atoms with E-state index in [9.17, 15) is 38.7 Å². The Bertz CT molecular complexity index is 1180. The largest absolute Gasteiger partial charge is 0.416 e. The Morgan fingerprint density at radius 1 is 0.854 bits per heavy atom. The summed E-state index contributed by atoms with van der Waals surface area (Å²) in [6.07, 6.45) is -10.5. The molecule has 0 bridgehead atoms. The molecular formula is C28H36F3N3O6S. The van der Waals surface area contributed by atoms with E-state index in [1.165, 1.54) is 17.8 Å². The highest BCUT2D eigenvalue weighted by Gasteiger charge is 2.43. The number of ether oxygens (including phenoxy) is 1. The Kier molecular flexibility index (Phi) is 9.48. The van der Waals surface area contributed by atoms with Gasteiger partial charge in [-0.2, -0.15) is 13.2 Å². The highest BCUT2D eigenvalue weighted by molar-refractivity contribution is 7.99. The predicted molar refractivity (Wildman–Crippen MR) is 146 cm³/mol. The van der Waals surface area contributed by atoms with Crippen molar-refractivity contribution in [1.29, 1.82) is 0 Å². The van der Waals surface area contributed by atoms with Crippen molar-refractivity contribution in [2.75, 3.05) is 57.3 Å². The van der Waals surface area contributed by atoms with Crippen LogP contribution in [0.1, 0.15) is 12.0 Å². The number of hydrogen-bond donors (Lipinski definition) is 5. The summed E-state index contributed by atoms with van der Waals surface area (Å²) in [5, 5.41) is 50.7. The summed E-state index contributed by atoms with van der Waals surface area (Å²) < 4.78 is 46.1. The molecule has 2 aromatic carbocycles. The summed E-state index contributed by atoms with van der Waals surface area (Å²) in [5.41, 5.74) is 0.470. The molecule has 0 saturated carbocycles. The summed E-state index contributed by atoms with van der Waals surface area (Å²) >= 11 is 1.42. The van der Waals surface area contributed by atoms with E-state index in [-0.39, 0.29) is 6.54 Å². The first-order valence-electron chi connectivity index (χ1n) is 13.7. The zero-order valence-corrected chi connectivity index (χ0v) is 23.2. The fraction of sp³-hybridized carbons (Fsp3) is 0.571. The van der Waals surface area contributed by atoms with Gasteiger partial charge in [-0.1, -0.05) is 23.9 Å². The number of para-hydroxylation sites is 1. The number of aliphatic hydroxyl groups is 5. The average Bonchev–Trinajstić information content (AvgIpc) is 2.95. The average molecular weight is 600 g/mol. The molecule has 0 spiro atoms. The lowest BCUT2D eigenvalue weighted by molar-refractivity contribution is -0.230. The zero-order chi connectivity index (χ0) is 29.3. The van der Waals surface area contributed by atoms with Crippen molar-refractivity contribution in [3.63, 3.8) is 0 Å². The van der Waals surface area contributed by atoms with E-state index in [4.69, 9.17) is 4.74 Å². The maximum Gasteiger partial charge on any atom is 0.416 e. The Morgan fingerprint density at radius 3 is 2.22 bits per heavy atom. The van der Waals surface area contributed by atoms with E-state index in [1.54, 1.807) is 4.90 Å². The van der Waals surface area contributed by atoms with Crippen LogP contribution in [0.5, 0.6) is 0 Å². The first-order valence-corrected chi connectivity index (χ1v) is 14.6. The summed E-state index contributed by atoms with van der Waals surface area (Å²) in [6, 6.07) is 11.2. The lowest BCUT2D eigenvalue weighted by atomic mass is 9.93. The monoisotopic (exact) mass is 599 g/mol. The van der Waals surface area contributed by atoms with Gasteiger partial charge in [0.25, 0.3) is 0 Å². The van der Waals surface area contributed by atoms with Gasteiger partial charge in [0, 0.05) is 49.1 Å². The molecule has 13 heteroatoms. The van der Waals surface area contributed by atoms with Gasteiger partial charge >= 0.3 is 6.18 Å². The van der Waals surface area contributed by atoms with Crippen molar-refractivity contribution < 1.29 is 43.4 Å². The molecule has 0 aromatic heterocycles. The molecule has 6 unspecified atom stereocenters. The number of aliphatic hydroxyl groups excluding tert-OH is 5. The van der Waals surface area contributed by atoms with Crippen LogP contribution in [0.2, 0.25) is 0 Å². The molecule has 0 radical (unpaired) electrons. The van der Waals surface area contributed by atoms with E-state index in [1.807, 2.05) is 24.3 Å². The van der Waals surface area contributed by atoms with Crippen molar-refractivity contribution in [3.05, 3.63) is 48.0 Å². The van der Waals surface area contributed by atoms with E-state index < -0.39 is 55.0 Å². The maximum atomic E-state index is 13.5. The fourth-order valence-corrected chi connectivity index (χ4v) is 6.77. The molecule has 2 saturated heterocycles. The van der Waals surface area contributed by atoms with Gasteiger partial charge in [-0.05, 0) is 36.8 Å². The topological polar surface area (TPSA) is 120 Å². The van der Waals surface area contributed by atoms with Crippen LogP contribution in [-0.2, 0) is 10.9 Å². The molecule has 3 aliphatic rings. The van der Waals surface area contributed by atoms with Gasteiger partial charge < -0.3 is 40.1 Å². The van der Waals surface area contributed by atoms with Crippen molar-refractivity contribution in [3.8, 4) is 0 Å². The lowest BCUT2D eigenvalue weighted by Crippen LogP contribution is -2.59. The van der Waals surface area contributed by atoms with Gasteiger partial charge in [0.2, 0.25) is 0 Å². The number of hydrogen-bond acceptors (Lipinski definition) is 10. The number of fused-ring (bicyclic) bond motifs is 2. The smallest absolute Gasteiger partial charge is 0.394 e. The number of nitrogens with zero attached hydrogens (tertiary/aromatic N) is 3. The van der Waals surface area contributed by atoms with Crippen LogP contribution in [0.4, 0.5) is 24.5 Å². The highest BCUT2D eigenvalue weighted by atomic mass is 32.2. The number of halogens is 3. The van der Waals surface area contributed by atoms with Crippen LogP contribution in [-0.4, -0.2) is 124 Å². The Balaban J connectivity index is 1.16. The Labute approximate surface area is 240 Å². The second-order valence-electron chi connectivity index (χ2n) is 10.8. The zero-order valence-electron chi connectivity index (χ0n) is 22.4. The summed E-state index contributed by atoms with van der Waals surface area (Å²) in [5.74, 6) is 0. The number of rotatable bonds is 8. The molecule has 9 nitrogen and oxygen atoms in total. The van der Waals surface area contributed by atoms with E-state index in [2.05, 4.69) is 9.80 Å². The minimum atomic E-state index is -4.47. The number of anilines is 2. The molecule has 226 valence electrons. The van der Waals surface area contributed by atoms with Gasteiger partial charge in [-0.25, -0.2) is 0 Å². The first kappa shape index (κ1) is 30.5. The third kappa shape index (κ3) is 6.84. The molecule has 6 atom stereocenters.